The molecule has 150 valence electrons. The van der Waals surface area contributed by atoms with Gasteiger partial charge >= 0.3 is 0 Å². The number of rotatable bonds is 6. The molecule has 1 fully saturated rings. The lowest BCUT2D eigenvalue weighted by Crippen LogP contribution is -2.25. The third kappa shape index (κ3) is 4.84. The van der Waals surface area contributed by atoms with Gasteiger partial charge in [0.2, 0.25) is 5.91 Å². The molecular formula is C23H24N2O4. The molecule has 0 radical (unpaired) electrons. The van der Waals surface area contributed by atoms with Crippen molar-refractivity contribution in [3.63, 3.8) is 0 Å². The van der Waals surface area contributed by atoms with Crippen molar-refractivity contribution < 1.29 is 14.3 Å². The number of benzene rings is 2. The first-order valence-corrected chi connectivity index (χ1v) is 9.91. The van der Waals surface area contributed by atoms with Crippen LogP contribution in [0.4, 0.5) is 5.69 Å². The van der Waals surface area contributed by atoms with Crippen LogP contribution in [0.2, 0.25) is 0 Å². The van der Waals surface area contributed by atoms with Gasteiger partial charge in [0.15, 0.2) is 5.43 Å². The van der Waals surface area contributed by atoms with E-state index in [1.165, 1.54) is 12.5 Å². The number of anilines is 1. The Balaban J connectivity index is 1.35. The Labute approximate surface area is 169 Å². The molecule has 0 spiro atoms. The smallest absolute Gasteiger partial charge is 0.244 e. The van der Waals surface area contributed by atoms with Gasteiger partial charge in [-0.2, -0.15) is 0 Å². The number of ether oxygens (including phenoxy) is 2. The highest BCUT2D eigenvalue weighted by molar-refractivity contribution is 5.91. The number of carbonyl (C=O) groups excluding carboxylic acids is 1. The van der Waals surface area contributed by atoms with Crippen LogP contribution in [0, 0.1) is 0 Å². The summed E-state index contributed by atoms with van der Waals surface area (Å²) in [5.74, 6) is 0.589. The lowest BCUT2D eigenvalue weighted by Gasteiger charge is -2.22. The summed E-state index contributed by atoms with van der Waals surface area (Å²) in [7, 11) is 0. The van der Waals surface area contributed by atoms with E-state index in [1.807, 2.05) is 42.5 Å². The molecule has 29 heavy (non-hydrogen) atoms. The van der Waals surface area contributed by atoms with Gasteiger partial charge < -0.3 is 19.4 Å². The van der Waals surface area contributed by atoms with Crippen molar-refractivity contribution in [1.82, 2.24) is 4.57 Å². The highest BCUT2D eigenvalue weighted by atomic mass is 16.5. The molecule has 6 heteroatoms. The van der Waals surface area contributed by atoms with Crippen molar-refractivity contribution in [3.05, 3.63) is 71.0 Å². The maximum atomic E-state index is 12.5. The minimum absolute atomic E-state index is 0.0496. The molecular weight excluding hydrogens is 368 g/mol. The number of hydrogen-bond donors (Lipinski definition) is 1. The van der Waals surface area contributed by atoms with Crippen LogP contribution in [0.3, 0.4) is 0 Å². The summed E-state index contributed by atoms with van der Waals surface area (Å²) in [5.41, 5.74) is 1.39. The normalized spacial score (nSPS) is 16.5. The lowest BCUT2D eigenvalue weighted by molar-refractivity contribution is -0.116. The van der Waals surface area contributed by atoms with Crippen LogP contribution in [0.25, 0.3) is 10.9 Å². The van der Waals surface area contributed by atoms with Gasteiger partial charge in [-0.1, -0.05) is 12.1 Å². The monoisotopic (exact) mass is 392 g/mol. The van der Waals surface area contributed by atoms with Gasteiger partial charge in [-0.15, -0.1) is 0 Å². The first kappa shape index (κ1) is 19.2. The van der Waals surface area contributed by atoms with E-state index in [4.69, 9.17) is 9.47 Å². The second-order valence-corrected chi connectivity index (χ2v) is 7.20. The van der Waals surface area contributed by atoms with E-state index < -0.39 is 0 Å². The summed E-state index contributed by atoms with van der Waals surface area (Å²) in [6.45, 7) is 1.48. The summed E-state index contributed by atoms with van der Waals surface area (Å²) in [6.07, 6.45) is 5.15. The number of fused-ring (bicyclic) bond motifs is 1. The molecule has 1 atom stereocenters. The topological polar surface area (TPSA) is 69.6 Å². The molecule has 1 unspecified atom stereocenters. The van der Waals surface area contributed by atoms with Gasteiger partial charge in [-0.3, -0.25) is 9.59 Å². The number of para-hydroxylation sites is 1. The first-order chi connectivity index (χ1) is 14.2. The van der Waals surface area contributed by atoms with Crippen molar-refractivity contribution in [2.75, 3.05) is 18.5 Å². The van der Waals surface area contributed by atoms with E-state index in [2.05, 4.69) is 5.32 Å². The SMILES string of the molecule is O=C(Cn1ccc(=O)c2ccccc21)Nc1ccc(OCC2CCCCO2)cc1. The average molecular weight is 392 g/mol. The second-order valence-electron chi connectivity index (χ2n) is 7.20. The highest BCUT2D eigenvalue weighted by Crippen LogP contribution is 2.19. The summed E-state index contributed by atoms with van der Waals surface area (Å²) in [5, 5.41) is 3.49. The lowest BCUT2D eigenvalue weighted by atomic mass is 10.1. The van der Waals surface area contributed by atoms with Crippen LogP contribution in [-0.2, 0) is 16.1 Å². The van der Waals surface area contributed by atoms with E-state index in [1.54, 1.807) is 16.8 Å². The Bertz CT molecular complexity index is 1040. The number of nitrogens with zero attached hydrogens (tertiary/aromatic N) is 1. The highest BCUT2D eigenvalue weighted by Gasteiger charge is 2.14. The number of amides is 1. The predicted molar refractivity (Wildman–Crippen MR) is 112 cm³/mol. The van der Waals surface area contributed by atoms with Gasteiger partial charge in [-0.25, -0.2) is 0 Å². The van der Waals surface area contributed by atoms with Crippen LogP contribution in [0.15, 0.2) is 65.6 Å². The molecule has 0 aliphatic carbocycles. The number of hydrogen-bond acceptors (Lipinski definition) is 4. The quantitative estimate of drug-likeness (QED) is 0.696. The summed E-state index contributed by atoms with van der Waals surface area (Å²) < 4.78 is 13.2. The fourth-order valence-electron chi connectivity index (χ4n) is 3.52. The van der Waals surface area contributed by atoms with Crippen LogP contribution < -0.4 is 15.5 Å². The molecule has 1 amide bonds. The molecule has 0 saturated carbocycles. The second kappa shape index (κ2) is 8.92. The van der Waals surface area contributed by atoms with Crippen molar-refractivity contribution in [2.24, 2.45) is 0 Å². The van der Waals surface area contributed by atoms with Gasteiger partial charge in [-0.05, 0) is 55.7 Å². The fraction of sp³-hybridized carbons (Fsp3) is 0.304. The van der Waals surface area contributed by atoms with Crippen LogP contribution >= 0.6 is 0 Å². The van der Waals surface area contributed by atoms with E-state index in [9.17, 15) is 9.59 Å². The fourth-order valence-corrected chi connectivity index (χ4v) is 3.52. The largest absolute Gasteiger partial charge is 0.491 e. The Hall–Kier alpha value is -3.12. The van der Waals surface area contributed by atoms with Crippen molar-refractivity contribution in [3.8, 4) is 5.75 Å². The predicted octanol–water partition coefficient (Wildman–Crippen LogP) is 3.59. The summed E-state index contributed by atoms with van der Waals surface area (Å²) in [4.78, 5) is 24.4. The maximum Gasteiger partial charge on any atom is 0.244 e. The van der Waals surface area contributed by atoms with Crippen molar-refractivity contribution >= 4 is 22.5 Å². The van der Waals surface area contributed by atoms with E-state index in [-0.39, 0.29) is 24.0 Å². The van der Waals surface area contributed by atoms with Gasteiger partial charge in [0, 0.05) is 29.9 Å². The van der Waals surface area contributed by atoms with E-state index in [0.29, 0.717) is 17.7 Å². The Morgan fingerprint density at radius 3 is 2.72 bits per heavy atom. The minimum atomic E-state index is -0.164. The van der Waals surface area contributed by atoms with Crippen LogP contribution in [-0.4, -0.2) is 29.8 Å². The molecule has 4 rings (SSSR count). The maximum absolute atomic E-state index is 12.5. The molecule has 1 N–H and O–H groups in total. The third-order valence-electron chi connectivity index (χ3n) is 5.05. The van der Waals surface area contributed by atoms with Crippen molar-refractivity contribution in [1.29, 1.82) is 0 Å². The molecule has 2 aromatic carbocycles. The van der Waals surface area contributed by atoms with Crippen LogP contribution in [0.5, 0.6) is 5.75 Å². The number of aromatic nitrogens is 1. The van der Waals surface area contributed by atoms with E-state index >= 15 is 0 Å². The zero-order chi connectivity index (χ0) is 20.1. The average Bonchev–Trinajstić information content (AvgIpc) is 2.76. The zero-order valence-electron chi connectivity index (χ0n) is 16.2. The molecule has 3 aromatic rings. The zero-order valence-corrected chi connectivity index (χ0v) is 16.2. The Morgan fingerprint density at radius 2 is 1.93 bits per heavy atom. The molecule has 2 heterocycles. The van der Waals surface area contributed by atoms with E-state index in [0.717, 1.165) is 30.7 Å². The first-order valence-electron chi connectivity index (χ1n) is 9.91. The number of nitrogens with one attached hydrogen (secondary N) is 1. The molecule has 1 aliphatic heterocycles. The number of carbonyl (C=O) groups is 1. The van der Waals surface area contributed by atoms with Crippen LogP contribution in [0.1, 0.15) is 19.3 Å². The number of pyridine rings is 1. The van der Waals surface area contributed by atoms with Gasteiger partial charge in [0.25, 0.3) is 0 Å². The van der Waals surface area contributed by atoms with Crippen molar-refractivity contribution in [2.45, 2.75) is 31.9 Å². The van der Waals surface area contributed by atoms with Gasteiger partial charge in [0.1, 0.15) is 18.9 Å². The van der Waals surface area contributed by atoms with Gasteiger partial charge in [0.05, 0.1) is 11.6 Å². The molecule has 0 bridgehead atoms. The third-order valence-corrected chi connectivity index (χ3v) is 5.05. The molecule has 1 aromatic heterocycles. The Morgan fingerprint density at radius 1 is 1.10 bits per heavy atom. The molecule has 1 saturated heterocycles. The Kier molecular flexibility index (Phi) is 5.91. The molecule has 1 aliphatic rings. The standard InChI is InChI=1S/C23H24N2O4/c26-22-12-13-25(21-7-2-1-6-20(21)22)15-23(27)24-17-8-10-18(11-9-17)29-16-19-5-3-4-14-28-19/h1-2,6-13,19H,3-5,14-16H2,(H,24,27). The molecule has 6 nitrogen and oxygen atoms in total. The summed E-state index contributed by atoms with van der Waals surface area (Å²) >= 11 is 0. The summed E-state index contributed by atoms with van der Waals surface area (Å²) in [6, 6.07) is 16.1. The minimum Gasteiger partial charge on any atom is -0.491 e.